The molecule has 2 aromatic rings. The fraction of sp³-hybridized carbons (Fsp3) is 0.353. The highest BCUT2D eigenvalue weighted by molar-refractivity contribution is 9.10. The van der Waals surface area contributed by atoms with Crippen LogP contribution >= 0.6 is 15.9 Å². The summed E-state index contributed by atoms with van der Waals surface area (Å²) in [5.41, 5.74) is 3.95. The molecule has 3 rings (SSSR count). The second kappa shape index (κ2) is 6.26. The Morgan fingerprint density at radius 1 is 1.18 bits per heavy atom. The lowest BCUT2D eigenvalue weighted by Crippen LogP contribution is -2.46. The van der Waals surface area contributed by atoms with Gasteiger partial charge in [-0.15, -0.1) is 0 Å². The number of hydrogen-bond acceptors (Lipinski definition) is 2. The number of amides is 1. The molecule has 0 aliphatic carbocycles. The Hall–Kier alpha value is -1.59. The lowest BCUT2D eigenvalue weighted by molar-refractivity contribution is 0.0735. The van der Waals surface area contributed by atoms with Gasteiger partial charge in [-0.25, -0.2) is 0 Å². The van der Waals surface area contributed by atoms with Crippen LogP contribution in [-0.4, -0.2) is 41.6 Å². The molecule has 1 saturated heterocycles. The second-order valence-electron chi connectivity index (χ2n) is 5.64. The minimum absolute atomic E-state index is 0.135. The first-order chi connectivity index (χ1) is 10.6. The van der Waals surface area contributed by atoms with E-state index in [0.717, 1.165) is 53.3 Å². The van der Waals surface area contributed by atoms with Gasteiger partial charge in [-0.05, 0) is 38.1 Å². The van der Waals surface area contributed by atoms with E-state index < -0.39 is 0 Å². The number of nitrogens with zero attached hydrogens (tertiary/aromatic N) is 2. The first kappa shape index (κ1) is 15.3. The number of nitrogens with one attached hydrogen (secondary N) is 1. The summed E-state index contributed by atoms with van der Waals surface area (Å²) < 4.78 is 3.17. The molecule has 22 heavy (non-hydrogen) atoms. The number of benzene rings is 1. The van der Waals surface area contributed by atoms with Gasteiger partial charge in [-0.3, -0.25) is 4.79 Å². The molecule has 1 aliphatic rings. The molecule has 0 atom stereocenters. The molecule has 5 heteroatoms. The number of halogens is 1. The summed E-state index contributed by atoms with van der Waals surface area (Å²) >= 11 is 3.51. The molecule has 1 amide bonds. The van der Waals surface area contributed by atoms with Crippen LogP contribution in [0.15, 0.2) is 34.8 Å². The number of carbonyl (C=O) groups is 1. The Balaban J connectivity index is 1.98. The van der Waals surface area contributed by atoms with Crippen molar-refractivity contribution in [3.8, 4) is 5.69 Å². The summed E-state index contributed by atoms with van der Waals surface area (Å²) in [6.07, 6.45) is 0. The lowest BCUT2D eigenvalue weighted by atomic mass is 10.2. The Kier molecular flexibility index (Phi) is 4.36. The SMILES string of the molecule is Cc1cc(C(=O)N2CCNCC2)c(C)n1-c1cccc(Br)c1. The third kappa shape index (κ3) is 2.83. The molecule has 116 valence electrons. The number of hydrogen-bond donors (Lipinski definition) is 1. The van der Waals surface area contributed by atoms with Crippen LogP contribution in [0.25, 0.3) is 5.69 Å². The molecule has 1 N–H and O–H groups in total. The highest BCUT2D eigenvalue weighted by atomic mass is 79.9. The molecule has 4 nitrogen and oxygen atoms in total. The zero-order valence-electron chi connectivity index (χ0n) is 12.9. The highest BCUT2D eigenvalue weighted by Gasteiger charge is 2.22. The summed E-state index contributed by atoms with van der Waals surface area (Å²) in [4.78, 5) is 14.7. The summed E-state index contributed by atoms with van der Waals surface area (Å²) in [6, 6.07) is 10.1. The molecular weight excluding hydrogens is 342 g/mol. The van der Waals surface area contributed by atoms with E-state index >= 15 is 0 Å². The normalized spacial score (nSPS) is 15.1. The van der Waals surface area contributed by atoms with Gasteiger partial charge in [0.15, 0.2) is 0 Å². The van der Waals surface area contributed by atoms with Crippen LogP contribution in [0.5, 0.6) is 0 Å². The maximum atomic E-state index is 12.8. The molecule has 0 bridgehead atoms. The van der Waals surface area contributed by atoms with Gasteiger partial charge >= 0.3 is 0 Å². The summed E-state index contributed by atoms with van der Waals surface area (Å²) in [5.74, 6) is 0.135. The van der Waals surface area contributed by atoms with Crippen molar-refractivity contribution in [2.45, 2.75) is 13.8 Å². The Morgan fingerprint density at radius 3 is 2.59 bits per heavy atom. The quantitative estimate of drug-likeness (QED) is 0.892. The monoisotopic (exact) mass is 361 g/mol. The molecule has 1 aliphatic heterocycles. The fourth-order valence-corrected chi connectivity index (χ4v) is 3.42. The van der Waals surface area contributed by atoms with E-state index in [1.54, 1.807) is 0 Å². The first-order valence-corrected chi connectivity index (χ1v) is 8.32. The third-order valence-electron chi connectivity index (χ3n) is 4.13. The topological polar surface area (TPSA) is 37.3 Å². The Morgan fingerprint density at radius 2 is 1.91 bits per heavy atom. The predicted octanol–water partition coefficient (Wildman–Crippen LogP) is 2.90. The van der Waals surface area contributed by atoms with Crippen LogP contribution in [0, 0.1) is 13.8 Å². The van der Waals surface area contributed by atoms with Crippen LogP contribution in [0.3, 0.4) is 0 Å². The van der Waals surface area contributed by atoms with Crippen molar-refractivity contribution in [2.75, 3.05) is 26.2 Å². The summed E-state index contributed by atoms with van der Waals surface area (Å²) in [5, 5.41) is 3.28. The number of aryl methyl sites for hydroxylation is 1. The molecule has 0 unspecified atom stereocenters. The Bertz CT molecular complexity index is 702. The van der Waals surface area contributed by atoms with Gasteiger partial charge in [0.2, 0.25) is 0 Å². The van der Waals surface area contributed by atoms with Crippen molar-refractivity contribution >= 4 is 21.8 Å². The van der Waals surface area contributed by atoms with Crippen molar-refractivity contribution in [1.82, 2.24) is 14.8 Å². The number of aromatic nitrogens is 1. The van der Waals surface area contributed by atoms with Gasteiger partial charge < -0.3 is 14.8 Å². The first-order valence-electron chi connectivity index (χ1n) is 7.53. The van der Waals surface area contributed by atoms with Crippen molar-refractivity contribution in [3.63, 3.8) is 0 Å². The Labute approximate surface area is 139 Å². The smallest absolute Gasteiger partial charge is 0.255 e. The molecular formula is C17H20BrN3O. The van der Waals surface area contributed by atoms with E-state index in [-0.39, 0.29) is 5.91 Å². The average Bonchev–Trinajstić information content (AvgIpc) is 2.82. The second-order valence-corrected chi connectivity index (χ2v) is 6.56. The maximum absolute atomic E-state index is 12.8. The van der Waals surface area contributed by atoms with E-state index in [1.807, 2.05) is 36.9 Å². The fourth-order valence-electron chi connectivity index (χ4n) is 3.03. The minimum atomic E-state index is 0.135. The highest BCUT2D eigenvalue weighted by Crippen LogP contribution is 2.24. The number of carbonyl (C=O) groups excluding carboxylic acids is 1. The zero-order chi connectivity index (χ0) is 15.7. The van der Waals surface area contributed by atoms with Crippen molar-refractivity contribution in [1.29, 1.82) is 0 Å². The maximum Gasteiger partial charge on any atom is 0.255 e. The van der Waals surface area contributed by atoms with Crippen molar-refractivity contribution in [3.05, 3.63) is 51.8 Å². The van der Waals surface area contributed by atoms with E-state index in [9.17, 15) is 4.79 Å². The summed E-state index contributed by atoms with van der Waals surface area (Å²) in [6.45, 7) is 7.36. The van der Waals surface area contributed by atoms with Gasteiger partial charge in [0.25, 0.3) is 5.91 Å². The van der Waals surface area contributed by atoms with Gasteiger partial charge in [-0.2, -0.15) is 0 Å². The molecule has 0 radical (unpaired) electrons. The molecule has 2 heterocycles. The lowest BCUT2D eigenvalue weighted by Gasteiger charge is -2.27. The molecule has 0 spiro atoms. The van der Waals surface area contributed by atoms with Gasteiger partial charge in [0.1, 0.15) is 0 Å². The van der Waals surface area contributed by atoms with Crippen LogP contribution in [-0.2, 0) is 0 Å². The van der Waals surface area contributed by atoms with Crippen molar-refractivity contribution < 1.29 is 4.79 Å². The van der Waals surface area contributed by atoms with E-state index in [2.05, 4.69) is 37.9 Å². The third-order valence-corrected chi connectivity index (χ3v) is 4.63. The number of piperazine rings is 1. The van der Waals surface area contributed by atoms with Gasteiger partial charge in [-0.1, -0.05) is 22.0 Å². The van der Waals surface area contributed by atoms with Crippen molar-refractivity contribution in [2.24, 2.45) is 0 Å². The van der Waals surface area contributed by atoms with E-state index in [0.29, 0.717) is 0 Å². The van der Waals surface area contributed by atoms with Crippen LogP contribution in [0.2, 0.25) is 0 Å². The number of rotatable bonds is 2. The van der Waals surface area contributed by atoms with Crippen LogP contribution in [0.4, 0.5) is 0 Å². The van der Waals surface area contributed by atoms with E-state index in [1.165, 1.54) is 0 Å². The standard InChI is InChI=1S/C17H20BrN3O/c1-12-10-16(17(22)20-8-6-19-7-9-20)13(2)21(12)15-5-3-4-14(18)11-15/h3-5,10-11,19H,6-9H2,1-2H3. The van der Waals surface area contributed by atoms with Crippen LogP contribution in [0.1, 0.15) is 21.7 Å². The predicted molar refractivity (Wildman–Crippen MR) is 91.7 cm³/mol. The molecule has 1 fully saturated rings. The molecule has 1 aromatic carbocycles. The van der Waals surface area contributed by atoms with E-state index in [4.69, 9.17) is 0 Å². The zero-order valence-corrected chi connectivity index (χ0v) is 14.5. The molecule has 1 aromatic heterocycles. The van der Waals surface area contributed by atoms with Gasteiger partial charge in [0, 0.05) is 47.7 Å². The summed E-state index contributed by atoms with van der Waals surface area (Å²) in [7, 11) is 0. The minimum Gasteiger partial charge on any atom is -0.336 e. The molecule has 0 saturated carbocycles. The largest absolute Gasteiger partial charge is 0.336 e. The van der Waals surface area contributed by atoms with Gasteiger partial charge in [0.05, 0.1) is 5.56 Å². The van der Waals surface area contributed by atoms with Crippen LogP contribution < -0.4 is 5.32 Å². The average molecular weight is 362 g/mol.